The van der Waals surface area contributed by atoms with E-state index in [1.54, 1.807) is 0 Å². The van der Waals surface area contributed by atoms with Gasteiger partial charge in [0.2, 0.25) is 0 Å². The fourth-order valence-corrected chi connectivity index (χ4v) is 2.46. The Kier molecular flexibility index (Phi) is 5.86. The third-order valence-corrected chi connectivity index (χ3v) is 3.69. The van der Waals surface area contributed by atoms with E-state index < -0.39 is 0 Å². The van der Waals surface area contributed by atoms with Crippen LogP contribution in [-0.2, 0) is 11.2 Å². The molecule has 20 heavy (non-hydrogen) atoms. The number of rotatable bonds is 8. The predicted molar refractivity (Wildman–Crippen MR) is 82.4 cm³/mol. The molecule has 0 bridgehead atoms. The summed E-state index contributed by atoms with van der Waals surface area (Å²) in [5.74, 6) is 1.06. The molecule has 1 atom stereocenters. The Morgan fingerprint density at radius 2 is 2.10 bits per heavy atom. The molecule has 0 aliphatic carbocycles. The van der Waals surface area contributed by atoms with Crippen molar-refractivity contribution in [2.75, 3.05) is 19.8 Å². The highest BCUT2D eigenvalue weighted by Crippen LogP contribution is 2.28. The first-order valence-corrected chi connectivity index (χ1v) is 7.77. The van der Waals surface area contributed by atoms with Gasteiger partial charge in [0, 0.05) is 19.1 Å². The molecule has 0 fully saturated rings. The minimum atomic E-state index is 0.343. The Bertz CT molecular complexity index is 417. The van der Waals surface area contributed by atoms with Crippen molar-refractivity contribution in [3.63, 3.8) is 0 Å². The number of benzene rings is 1. The molecule has 1 unspecified atom stereocenters. The summed E-state index contributed by atoms with van der Waals surface area (Å²) in [5.41, 5.74) is 2.70. The van der Waals surface area contributed by atoms with Gasteiger partial charge < -0.3 is 14.8 Å². The van der Waals surface area contributed by atoms with Crippen LogP contribution in [0.4, 0.5) is 0 Å². The van der Waals surface area contributed by atoms with Crippen LogP contribution in [0.25, 0.3) is 0 Å². The minimum absolute atomic E-state index is 0.343. The second kappa shape index (κ2) is 7.65. The molecule has 1 aliphatic heterocycles. The van der Waals surface area contributed by atoms with Crippen molar-refractivity contribution in [3.8, 4) is 5.75 Å². The van der Waals surface area contributed by atoms with Crippen LogP contribution in [0.2, 0.25) is 0 Å². The molecule has 1 aromatic carbocycles. The number of fused-ring (bicyclic) bond motifs is 1. The van der Waals surface area contributed by atoms with Crippen LogP contribution in [0.1, 0.15) is 50.8 Å². The summed E-state index contributed by atoms with van der Waals surface area (Å²) in [5, 5.41) is 3.58. The molecule has 2 rings (SSSR count). The molecule has 0 aromatic heterocycles. The average molecular weight is 277 g/mol. The van der Waals surface area contributed by atoms with Gasteiger partial charge in [-0.15, -0.1) is 0 Å². The lowest BCUT2D eigenvalue weighted by Gasteiger charge is -2.15. The van der Waals surface area contributed by atoms with E-state index in [2.05, 4.69) is 44.3 Å². The van der Waals surface area contributed by atoms with Crippen molar-refractivity contribution >= 4 is 0 Å². The molecule has 1 heterocycles. The summed E-state index contributed by atoms with van der Waals surface area (Å²) < 4.78 is 11.1. The van der Waals surface area contributed by atoms with Crippen molar-refractivity contribution in [1.82, 2.24) is 5.32 Å². The number of nitrogens with one attached hydrogen (secondary N) is 1. The lowest BCUT2D eigenvalue weighted by molar-refractivity contribution is 0.0759. The van der Waals surface area contributed by atoms with Gasteiger partial charge in [-0.25, -0.2) is 0 Å². The maximum Gasteiger partial charge on any atom is 0.122 e. The standard InChI is InChI=1S/C17H27NO2/c1-13(2)19-10-5-4-9-18-14(3)15-6-7-17-16(12-15)8-11-20-17/h6-7,12-14,18H,4-5,8-11H2,1-3H3. The monoisotopic (exact) mass is 277 g/mol. The second-order valence-corrected chi connectivity index (χ2v) is 5.77. The van der Waals surface area contributed by atoms with Gasteiger partial charge in [0.15, 0.2) is 0 Å². The SMILES string of the molecule is CC(C)OCCCCNC(C)c1ccc2c(c1)CCO2. The van der Waals surface area contributed by atoms with Gasteiger partial charge in [0.05, 0.1) is 12.7 Å². The first kappa shape index (κ1) is 15.3. The van der Waals surface area contributed by atoms with E-state index in [9.17, 15) is 0 Å². The quantitative estimate of drug-likeness (QED) is 0.738. The molecule has 1 aliphatic rings. The van der Waals surface area contributed by atoms with Crippen LogP contribution in [0.15, 0.2) is 18.2 Å². The van der Waals surface area contributed by atoms with Crippen LogP contribution in [-0.4, -0.2) is 25.9 Å². The van der Waals surface area contributed by atoms with Gasteiger partial charge in [0.1, 0.15) is 5.75 Å². The second-order valence-electron chi connectivity index (χ2n) is 5.77. The summed E-state index contributed by atoms with van der Waals surface area (Å²) >= 11 is 0. The summed E-state index contributed by atoms with van der Waals surface area (Å²) in [6, 6.07) is 6.95. The van der Waals surface area contributed by atoms with Gasteiger partial charge >= 0.3 is 0 Å². The van der Waals surface area contributed by atoms with Crippen LogP contribution >= 0.6 is 0 Å². The van der Waals surface area contributed by atoms with Gasteiger partial charge in [-0.1, -0.05) is 12.1 Å². The molecular weight excluding hydrogens is 250 g/mol. The van der Waals surface area contributed by atoms with Crippen LogP contribution in [0.3, 0.4) is 0 Å². The average Bonchev–Trinajstić information content (AvgIpc) is 2.89. The molecule has 3 nitrogen and oxygen atoms in total. The van der Waals surface area contributed by atoms with E-state index in [1.807, 2.05) is 0 Å². The highest BCUT2D eigenvalue weighted by molar-refractivity contribution is 5.40. The third-order valence-electron chi connectivity index (χ3n) is 3.69. The summed E-state index contributed by atoms with van der Waals surface area (Å²) in [4.78, 5) is 0. The minimum Gasteiger partial charge on any atom is -0.493 e. The Morgan fingerprint density at radius 3 is 2.90 bits per heavy atom. The van der Waals surface area contributed by atoms with Gasteiger partial charge in [-0.2, -0.15) is 0 Å². The molecule has 112 valence electrons. The zero-order valence-electron chi connectivity index (χ0n) is 12.9. The first-order valence-electron chi connectivity index (χ1n) is 7.77. The van der Waals surface area contributed by atoms with E-state index in [1.165, 1.54) is 11.1 Å². The van der Waals surface area contributed by atoms with Gasteiger partial charge in [0.25, 0.3) is 0 Å². The molecule has 0 spiro atoms. The van der Waals surface area contributed by atoms with Crippen molar-refractivity contribution in [1.29, 1.82) is 0 Å². The topological polar surface area (TPSA) is 30.5 Å². The number of hydrogen-bond acceptors (Lipinski definition) is 3. The Balaban J connectivity index is 1.68. The van der Waals surface area contributed by atoms with Crippen molar-refractivity contribution in [3.05, 3.63) is 29.3 Å². The van der Waals surface area contributed by atoms with Gasteiger partial charge in [-0.3, -0.25) is 0 Å². The molecule has 1 N–H and O–H groups in total. The van der Waals surface area contributed by atoms with Crippen LogP contribution in [0, 0.1) is 0 Å². The Morgan fingerprint density at radius 1 is 1.25 bits per heavy atom. The fourth-order valence-electron chi connectivity index (χ4n) is 2.46. The maximum absolute atomic E-state index is 5.54. The molecule has 3 heteroatoms. The predicted octanol–water partition coefficient (Wildman–Crippen LogP) is 3.48. The molecule has 0 saturated carbocycles. The van der Waals surface area contributed by atoms with Crippen molar-refractivity contribution < 1.29 is 9.47 Å². The smallest absolute Gasteiger partial charge is 0.122 e. The highest BCUT2D eigenvalue weighted by atomic mass is 16.5. The molecule has 0 radical (unpaired) electrons. The Labute approximate surface area is 122 Å². The normalized spacial score (nSPS) is 15.2. The lowest BCUT2D eigenvalue weighted by atomic mass is 10.0. The largest absolute Gasteiger partial charge is 0.493 e. The summed E-state index contributed by atoms with van der Waals surface area (Å²) in [6.45, 7) is 9.12. The van der Waals surface area contributed by atoms with E-state index in [0.717, 1.165) is 44.8 Å². The van der Waals surface area contributed by atoms with E-state index in [4.69, 9.17) is 9.47 Å². The van der Waals surface area contributed by atoms with Crippen LogP contribution in [0.5, 0.6) is 5.75 Å². The summed E-state index contributed by atoms with van der Waals surface area (Å²) in [7, 11) is 0. The number of unbranched alkanes of at least 4 members (excludes halogenated alkanes) is 1. The van der Waals surface area contributed by atoms with E-state index in [0.29, 0.717) is 12.1 Å². The fraction of sp³-hybridized carbons (Fsp3) is 0.647. The lowest BCUT2D eigenvalue weighted by Crippen LogP contribution is -2.20. The third kappa shape index (κ3) is 4.50. The maximum atomic E-state index is 5.54. The molecule has 0 saturated heterocycles. The zero-order chi connectivity index (χ0) is 14.4. The molecular formula is C17H27NO2. The van der Waals surface area contributed by atoms with E-state index >= 15 is 0 Å². The van der Waals surface area contributed by atoms with Gasteiger partial charge in [-0.05, 0) is 57.4 Å². The summed E-state index contributed by atoms with van der Waals surface area (Å²) in [6.07, 6.45) is 3.67. The van der Waals surface area contributed by atoms with Crippen molar-refractivity contribution in [2.24, 2.45) is 0 Å². The first-order chi connectivity index (χ1) is 9.66. The van der Waals surface area contributed by atoms with Crippen molar-refractivity contribution in [2.45, 2.75) is 52.2 Å². The number of hydrogen-bond donors (Lipinski definition) is 1. The zero-order valence-corrected chi connectivity index (χ0v) is 12.9. The molecule has 1 aromatic rings. The highest BCUT2D eigenvalue weighted by Gasteiger charge is 2.14. The number of ether oxygens (including phenoxy) is 2. The Hall–Kier alpha value is -1.06. The molecule has 0 amide bonds. The van der Waals surface area contributed by atoms with E-state index in [-0.39, 0.29) is 0 Å². The van der Waals surface area contributed by atoms with Crippen LogP contribution < -0.4 is 10.1 Å².